The fourth-order valence-electron chi connectivity index (χ4n) is 2.53. The summed E-state index contributed by atoms with van der Waals surface area (Å²) in [6, 6.07) is 6.11. The van der Waals surface area contributed by atoms with E-state index >= 15 is 0 Å². The molecule has 2 amide bonds. The molecule has 1 aromatic carbocycles. The summed E-state index contributed by atoms with van der Waals surface area (Å²) in [7, 11) is 0. The number of thioether (sulfide) groups is 1. The number of carbonyl (C=O) groups is 2. The smallest absolute Gasteiger partial charge is 0.234 e. The quantitative estimate of drug-likeness (QED) is 0.575. The lowest BCUT2D eigenvalue weighted by Crippen LogP contribution is -2.32. The lowest BCUT2D eigenvalue weighted by Gasteiger charge is -2.17. The average Bonchev–Trinajstić information content (AvgIpc) is 3.35. The molecule has 1 aliphatic carbocycles. The van der Waals surface area contributed by atoms with Crippen LogP contribution in [0.2, 0.25) is 0 Å². The third-order valence-corrected chi connectivity index (χ3v) is 6.35. The molecular weight excluding hydrogens is 368 g/mol. The highest BCUT2D eigenvalue weighted by atomic mass is 32.2. The number of aryl methyl sites for hydroxylation is 1. The van der Waals surface area contributed by atoms with Crippen LogP contribution in [0.4, 0.5) is 10.8 Å². The minimum atomic E-state index is -0.0795. The van der Waals surface area contributed by atoms with Crippen molar-refractivity contribution < 1.29 is 9.59 Å². The van der Waals surface area contributed by atoms with Crippen LogP contribution in [0.1, 0.15) is 37.3 Å². The van der Waals surface area contributed by atoms with Gasteiger partial charge in [-0.25, -0.2) is 0 Å². The van der Waals surface area contributed by atoms with Gasteiger partial charge in [0.15, 0.2) is 4.34 Å². The Labute approximate surface area is 161 Å². The Kier molecular flexibility index (Phi) is 5.93. The Morgan fingerprint density at radius 2 is 2.08 bits per heavy atom. The summed E-state index contributed by atoms with van der Waals surface area (Å²) in [6.07, 6.45) is 2.49. The first-order valence-corrected chi connectivity index (χ1v) is 10.4. The molecule has 0 saturated heterocycles. The number of amides is 2. The number of hydrogen-bond acceptors (Lipinski definition) is 6. The largest absolute Gasteiger partial charge is 0.325 e. The van der Waals surface area contributed by atoms with Crippen LogP contribution in [0.3, 0.4) is 0 Å². The SMILES string of the molecule is CCC(=O)N(c1nnc(SCC(=O)Nc2cccc(C)c2C)s1)C1CC1. The van der Waals surface area contributed by atoms with Gasteiger partial charge in [0.1, 0.15) is 0 Å². The molecule has 3 rings (SSSR count). The minimum Gasteiger partial charge on any atom is -0.325 e. The fraction of sp³-hybridized carbons (Fsp3) is 0.444. The van der Waals surface area contributed by atoms with Crippen molar-refractivity contribution in [3.63, 3.8) is 0 Å². The molecule has 2 aromatic rings. The number of anilines is 2. The van der Waals surface area contributed by atoms with Crippen LogP contribution in [0.15, 0.2) is 22.5 Å². The lowest BCUT2D eigenvalue weighted by atomic mass is 10.1. The van der Waals surface area contributed by atoms with Gasteiger partial charge in [0.25, 0.3) is 0 Å². The van der Waals surface area contributed by atoms with Crippen LogP contribution in [0.25, 0.3) is 0 Å². The van der Waals surface area contributed by atoms with Crippen LogP contribution in [0.5, 0.6) is 0 Å². The first-order chi connectivity index (χ1) is 12.5. The van der Waals surface area contributed by atoms with E-state index in [0.717, 1.165) is 29.7 Å². The predicted octanol–water partition coefficient (Wildman–Crippen LogP) is 3.79. The minimum absolute atomic E-state index is 0.0767. The second-order valence-corrected chi connectivity index (χ2v) is 8.46. The van der Waals surface area contributed by atoms with Crippen molar-refractivity contribution in [2.75, 3.05) is 16.0 Å². The molecule has 1 aliphatic rings. The topological polar surface area (TPSA) is 75.2 Å². The zero-order chi connectivity index (χ0) is 18.7. The van der Waals surface area contributed by atoms with E-state index in [-0.39, 0.29) is 23.6 Å². The van der Waals surface area contributed by atoms with Gasteiger partial charge in [0.2, 0.25) is 16.9 Å². The first kappa shape index (κ1) is 18.8. The van der Waals surface area contributed by atoms with Crippen molar-refractivity contribution >= 4 is 45.7 Å². The molecule has 0 spiro atoms. The number of benzene rings is 1. The van der Waals surface area contributed by atoms with Gasteiger partial charge >= 0.3 is 0 Å². The summed E-state index contributed by atoms with van der Waals surface area (Å²) in [4.78, 5) is 26.1. The number of carbonyl (C=O) groups excluding carboxylic acids is 2. The molecule has 6 nitrogen and oxygen atoms in total. The Morgan fingerprint density at radius 1 is 1.31 bits per heavy atom. The van der Waals surface area contributed by atoms with Crippen molar-refractivity contribution in [1.82, 2.24) is 10.2 Å². The molecule has 0 radical (unpaired) electrons. The Hall–Kier alpha value is -1.93. The van der Waals surface area contributed by atoms with Crippen molar-refractivity contribution in [2.45, 2.75) is 50.4 Å². The van der Waals surface area contributed by atoms with Gasteiger partial charge in [0.05, 0.1) is 5.75 Å². The zero-order valence-electron chi connectivity index (χ0n) is 15.1. The van der Waals surface area contributed by atoms with E-state index in [1.54, 1.807) is 4.90 Å². The van der Waals surface area contributed by atoms with E-state index in [0.29, 0.717) is 15.9 Å². The highest BCUT2D eigenvalue weighted by Gasteiger charge is 2.35. The maximum atomic E-state index is 12.2. The van der Waals surface area contributed by atoms with Crippen LogP contribution >= 0.6 is 23.1 Å². The highest BCUT2D eigenvalue weighted by Crippen LogP contribution is 2.36. The van der Waals surface area contributed by atoms with Gasteiger partial charge in [-0.15, -0.1) is 10.2 Å². The lowest BCUT2D eigenvalue weighted by molar-refractivity contribution is -0.118. The van der Waals surface area contributed by atoms with Crippen LogP contribution < -0.4 is 10.2 Å². The van der Waals surface area contributed by atoms with E-state index < -0.39 is 0 Å². The van der Waals surface area contributed by atoms with E-state index in [1.807, 2.05) is 39.0 Å². The molecule has 26 heavy (non-hydrogen) atoms. The monoisotopic (exact) mass is 390 g/mol. The molecule has 8 heteroatoms. The van der Waals surface area contributed by atoms with E-state index in [1.165, 1.54) is 23.1 Å². The Morgan fingerprint density at radius 3 is 2.77 bits per heavy atom. The van der Waals surface area contributed by atoms with Crippen LogP contribution in [0, 0.1) is 13.8 Å². The maximum absolute atomic E-state index is 12.2. The molecule has 1 N–H and O–H groups in total. The summed E-state index contributed by atoms with van der Waals surface area (Å²) in [6.45, 7) is 5.87. The molecule has 0 aliphatic heterocycles. The average molecular weight is 391 g/mol. The normalized spacial score (nSPS) is 13.5. The summed E-state index contributed by atoms with van der Waals surface area (Å²) in [5, 5.41) is 11.9. The van der Waals surface area contributed by atoms with Gasteiger partial charge < -0.3 is 5.32 Å². The molecule has 1 saturated carbocycles. The number of aromatic nitrogens is 2. The molecule has 1 heterocycles. The second kappa shape index (κ2) is 8.18. The molecule has 0 bridgehead atoms. The van der Waals surface area contributed by atoms with Crippen LogP contribution in [-0.4, -0.2) is 33.8 Å². The van der Waals surface area contributed by atoms with Crippen molar-refractivity contribution in [3.8, 4) is 0 Å². The third-order valence-electron chi connectivity index (χ3n) is 4.29. The standard InChI is InChI=1S/C18H22N4O2S2/c1-4-16(24)22(13-8-9-13)17-20-21-18(26-17)25-10-15(23)19-14-7-5-6-11(2)12(14)3/h5-7,13H,4,8-10H2,1-3H3,(H,19,23). The van der Waals surface area contributed by atoms with Crippen molar-refractivity contribution in [3.05, 3.63) is 29.3 Å². The maximum Gasteiger partial charge on any atom is 0.234 e. The Balaban J connectivity index is 1.58. The summed E-state index contributed by atoms with van der Waals surface area (Å²) < 4.78 is 0.700. The number of hydrogen-bond donors (Lipinski definition) is 1. The van der Waals surface area contributed by atoms with E-state index in [2.05, 4.69) is 15.5 Å². The summed E-state index contributed by atoms with van der Waals surface area (Å²) in [5.41, 5.74) is 3.05. The fourth-order valence-corrected chi connectivity index (χ4v) is 4.26. The van der Waals surface area contributed by atoms with Gasteiger partial charge in [0, 0.05) is 18.2 Å². The molecule has 0 unspecified atom stereocenters. The summed E-state index contributed by atoms with van der Waals surface area (Å²) in [5.74, 6) is 0.254. The summed E-state index contributed by atoms with van der Waals surface area (Å²) >= 11 is 2.72. The molecular formula is C18H22N4O2S2. The van der Waals surface area contributed by atoms with Gasteiger partial charge in [-0.05, 0) is 43.9 Å². The molecule has 138 valence electrons. The van der Waals surface area contributed by atoms with Crippen molar-refractivity contribution in [2.24, 2.45) is 0 Å². The van der Waals surface area contributed by atoms with Crippen LogP contribution in [-0.2, 0) is 9.59 Å². The number of nitrogens with zero attached hydrogens (tertiary/aromatic N) is 3. The van der Waals surface area contributed by atoms with Crippen molar-refractivity contribution in [1.29, 1.82) is 0 Å². The van der Waals surface area contributed by atoms with E-state index in [9.17, 15) is 9.59 Å². The number of nitrogens with one attached hydrogen (secondary N) is 1. The second-order valence-electron chi connectivity index (χ2n) is 6.28. The highest BCUT2D eigenvalue weighted by molar-refractivity contribution is 8.01. The van der Waals surface area contributed by atoms with Gasteiger partial charge in [-0.3, -0.25) is 14.5 Å². The third kappa shape index (κ3) is 4.42. The zero-order valence-corrected chi connectivity index (χ0v) is 16.7. The van der Waals surface area contributed by atoms with E-state index in [4.69, 9.17) is 0 Å². The molecule has 1 aromatic heterocycles. The molecule has 0 atom stereocenters. The molecule has 1 fully saturated rings. The van der Waals surface area contributed by atoms with Gasteiger partial charge in [-0.2, -0.15) is 0 Å². The van der Waals surface area contributed by atoms with Gasteiger partial charge in [-0.1, -0.05) is 42.2 Å². The first-order valence-electron chi connectivity index (χ1n) is 8.64. The Bertz CT molecular complexity index is 817. The predicted molar refractivity (Wildman–Crippen MR) is 106 cm³/mol. The number of rotatable bonds is 7.